The van der Waals surface area contributed by atoms with Crippen LogP contribution in [0, 0.1) is 13.8 Å². The van der Waals surface area contributed by atoms with Crippen LogP contribution in [0.25, 0.3) is 0 Å². The van der Waals surface area contributed by atoms with E-state index in [4.69, 9.17) is 4.74 Å². The third-order valence-corrected chi connectivity index (χ3v) is 5.10. The number of para-hydroxylation sites is 3. The molecular formula is C23H30N4O3. The van der Waals surface area contributed by atoms with Crippen molar-refractivity contribution in [2.75, 3.05) is 62.0 Å². The fraction of sp³-hybridized carbons (Fsp3) is 0.391. The van der Waals surface area contributed by atoms with Gasteiger partial charge in [0.2, 0.25) is 11.8 Å². The van der Waals surface area contributed by atoms with E-state index < -0.39 is 0 Å². The Kier molecular flexibility index (Phi) is 7.43. The molecule has 1 aliphatic heterocycles. The van der Waals surface area contributed by atoms with Crippen LogP contribution in [0.15, 0.2) is 42.5 Å². The highest BCUT2D eigenvalue weighted by Crippen LogP contribution is 2.26. The molecule has 1 fully saturated rings. The summed E-state index contributed by atoms with van der Waals surface area (Å²) in [5, 5.41) is 5.94. The van der Waals surface area contributed by atoms with E-state index in [2.05, 4.69) is 15.5 Å². The molecule has 0 unspecified atom stereocenters. The molecule has 0 spiro atoms. The Labute approximate surface area is 178 Å². The number of rotatable bonds is 7. The second kappa shape index (κ2) is 10.2. The number of carbonyl (C=O) groups excluding carboxylic acids is 2. The molecule has 2 N–H and O–H groups in total. The summed E-state index contributed by atoms with van der Waals surface area (Å²) in [5.41, 5.74) is 4.63. The van der Waals surface area contributed by atoms with Crippen LogP contribution < -0.4 is 15.5 Å². The normalized spacial score (nSPS) is 13.9. The van der Waals surface area contributed by atoms with Gasteiger partial charge in [-0.1, -0.05) is 30.3 Å². The Bertz CT molecular complexity index is 874. The molecule has 7 heteroatoms. The van der Waals surface area contributed by atoms with Crippen molar-refractivity contribution in [3.8, 4) is 0 Å². The van der Waals surface area contributed by atoms with Crippen molar-refractivity contribution in [1.29, 1.82) is 0 Å². The number of aryl methyl sites for hydroxylation is 2. The van der Waals surface area contributed by atoms with Gasteiger partial charge in [0, 0.05) is 18.8 Å². The quantitative estimate of drug-likeness (QED) is 0.734. The SMILES string of the molecule is Cc1cccc(C)c1NC(=O)CN(C)CC(=O)Nc1ccccc1N1CCOCC1. The molecule has 7 nitrogen and oxygen atoms in total. The van der Waals surface area contributed by atoms with E-state index in [-0.39, 0.29) is 24.9 Å². The molecule has 2 aromatic carbocycles. The number of benzene rings is 2. The van der Waals surface area contributed by atoms with Crippen LogP contribution in [-0.2, 0) is 14.3 Å². The van der Waals surface area contributed by atoms with Gasteiger partial charge in [-0.2, -0.15) is 0 Å². The van der Waals surface area contributed by atoms with E-state index >= 15 is 0 Å². The summed E-state index contributed by atoms with van der Waals surface area (Å²) >= 11 is 0. The third kappa shape index (κ3) is 5.81. The van der Waals surface area contributed by atoms with Crippen LogP contribution in [0.5, 0.6) is 0 Å². The molecule has 1 aliphatic rings. The lowest BCUT2D eigenvalue weighted by Gasteiger charge is -2.30. The highest BCUT2D eigenvalue weighted by atomic mass is 16.5. The zero-order valence-electron chi connectivity index (χ0n) is 17.9. The van der Waals surface area contributed by atoms with Crippen LogP contribution in [0.1, 0.15) is 11.1 Å². The number of nitrogens with zero attached hydrogens (tertiary/aromatic N) is 2. The Morgan fingerprint density at radius 3 is 2.20 bits per heavy atom. The first-order valence-electron chi connectivity index (χ1n) is 10.2. The summed E-state index contributed by atoms with van der Waals surface area (Å²) in [6.45, 7) is 7.14. The van der Waals surface area contributed by atoms with Crippen molar-refractivity contribution in [3.63, 3.8) is 0 Å². The maximum Gasteiger partial charge on any atom is 0.238 e. The molecule has 2 aromatic rings. The van der Waals surface area contributed by atoms with Crippen molar-refractivity contribution in [1.82, 2.24) is 4.90 Å². The van der Waals surface area contributed by atoms with E-state index in [1.807, 2.05) is 56.3 Å². The van der Waals surface area contributed by atoms with Gasteiger partial charge in [-0.15, -0.1) is 0 Å². The fourth-order valence-corrected chi connectivity index (χ4v) is 3.59. The molecule has 2 amide bonds. The zero-order chi connectivity index (χ0) is 21.5. The van der Waals surface area contributed by atoms with Gasteiger partial charge in [-0.05, 0) is 44.2 Å². The lowest BCUT2D eigenvalue weighted by atomic mass is 10.1. The minimum absolute atomic E-state index is 0.123. The van der Waals surface area contributed by atoms with Gasteiger partial charge in [-0.25, -0.2) is 0 Å². The first kappa shape index (κ1) is 21.8. The number of anilines is 3. The van der Waals surface area contributed by atoms with Crippen LogP contribution in [0.4, 0.5) is 17.1 Å². The average molecular weight is 411 g/mol. The van der Waals surface area contributed by atoms with E-state index in [0.717, 1.165) is 41.3 Å². The predicted octanol–water partition coefficient (Wildman–Crippen LogP) is 2.65. The number of ether oxygens (including phenoxy) is 1. The minimum Gasteiger partial charge on any atom is -0.378 e. The smallest absolute Gasteiger partial charge is 0.238 e. The van der Waals surface area contributed by atoms with Crippen molar-refractivity contribution in [2.45, 2.75) is 13.8 Å². The zero-order valence-corrected chi connectivity index (χ0v) is 17.9. The van der Waals surface area contributed by atoms with Crippen LogP contribution >= 0.6 is 0 Å². The number of amides is 2. The van der Waals surface area contributed by atoms with Gasteiger partial charge in [0.05, 0.1) is 37.7 Å². The molecule has 160 valence electrons. The second-order valence-electron chi connectivity index (χ2n) is 7.65. The molecular weight excluding hydrogens is 380 g/mol. The van der Waals surface area contributed by atoms with Crippen LogP contribution in [-0.4, -0.2) is 63.2 Å². The summed E-state index contributed by atoms with van der Waals surface area (Å²) in [7, 11) is 1.76. The van der Waals surface area contributed by atoms with Crippen molar-refractivity contribution in [2.24, 2.45) is 0 Å². The van der Waals surface area contributed by atoms with Gasteiger partial charge >= 0.3 is 0 Å². The Morgan fingerprint density at radius 1 is 0.933 bits per heavy atom. The maximum atomic E-state index is 12.6. The van der Waals surface area contributed by atoms with Gasteiger partial charge in [0.25, 0.3) is 0 Å². The third-order valence-electron chi connectivity index (χ3n) is 5.10. The lowest BCUT2D eigenvalue weighted by molar-refractivity contribution is -0.119. The monoisotopic (exact) mass is 410 g/mol. The van der Waals surface area contributed by atoms with E-state index in [1.165, 1.54) is 0 Å². The molecule has 0 aromatic heterocycles. The summed E-state index contributed by atoms with van der Waals surface area (Å²) in [6.07, 6.45) is 0. The number of morpholine rings is 1. The van der Waals surface area contributed by atoms with E-state index in [1.54, 1.807) is 11.9 Å². The van der Waals surface area contributed by atoms with Gasteiger partial charge in [0.1, 0.15) is 0 Å². The highest BCUT2D eigenvalue weighted by Gasteiger charge is 2.17. The first-order valence-corrected chi connectivity index (χ1v) is 10.2. The summed E-state index contributed by atoms with van der Waals surface area (Å²) in [6, 6.07) is 13.7. The van der Waals surface area contributed by atoms with E-state index in [9.17, 15) is 9.59 Å². The standard InChI is InChI=1S/C23H30N4O3/c1-17-7-6-8-18(2)23(17)25-22(29)16-26(3)15-21(28)24-19-9-4-5-10-20(19)27-11-13-30-14-12-27/h4-10H,11-16H2,1-3H3,(H,24,28)(H,25,29). The summed E-state index contributed by atoms with van der Waals surface area (Å²) in [4.78, 5) is 28.9. The Hall–Kier alpha value is -2.90. The average Bonchev–Trinajstić information content (AvgIpc) is 2.71. The topological polar surface area (TPSA) is 73.9 Å². The van der Waals surface area contributed by atoms with Crippen molar-refractivity contribution < 1.29 is 14.3 Å². The molecule has 0 bridgehead atoms. The molecule has 1 heterocycles. The van der Waals surface area contributed by atoms with Crippen LogP contribution in [0.2, 0.25) is 0 Å². The number of likely N-dealkylation sites (N-methyl/N-ethyl adjacent to an activating group) is 1. The lowest BCUT2D eigenvalue weighted by Crippen LogP contribution is -2.38. The van der Waals surface area contributed by atoms with Gasteiger partial charge in [-0.3, -0.25) is 14.5 Å². The first-order chi connectivity index (χ1) is 14.4. The predicted molar refractivity (Wildman–Crippen MR) is 120 cm³/mol. The number of nitrogens with one attached hydrogen (secondary N) is 2. The molecule has 0 radical (unpaired) electrons. The maximum absolute atomic E-state index is 12.6. The van der Waals surface area contributed by atoms with Gasteiger partial charge in [0.15, 0.2) is 0 Å². The largest absolute Gasteiger partial charge is 0.378 e. The molecule has 0 atom stereocenters. The highest BCUT2D eigenvalue weighted by molar-refractivity contribution is 5.97. The Balaban J connectivity index is 1.54. The number of hydrogen-bond acceptors (Lipinski definition) is 5. The van der Waals surface area contributed by atoms with Crippen molar-refractivity contribution in [3.05, 3.63) is 53.6 Å². The number of carbonyl (C=O) groups is 2. The van der Waals surface area contributed by atoms with E-state index in [0.29, 0.717) is 13.2 Å². The van der Waals surface area contributed by atoms with Crippen molar-refractivity contribution >= 4 is 28.9 Å². The Morgan fingerprint density at radius 2 is 1.53 bits per heavy atom. The molecule has 3 rings (SSSR count). The molecule has 1 saturated heterocycles. The van der Waals surface area contributed by atoms with Gasteiger partial charge < -0.3 is 20.3 Å². The summed E-state index contributed by atoms with van der Waals surface area (Å²) in [5.74, 6) is -0.297. The molecule has 0 aliphatic carbocycles. The summed E-state index contributed by atoms with van der Waals surface area (Å²) < 4.78 is 5.42. The fourth-order valence-electron chi connectivity index (χ4n) is 3.59. The minimum atomic E-state index is -0.155. The molecule has 30 heavy (non-hydrogen) atoms. The van der Waals surface area contributed by atoms with Crippen LogP contribution in [0.3, 0.4) is 0 Å². The second-order valence-corrected chi connectivity index (χ2v) is 7.65. The molecule has 0 saturated carbocycles. The number of hydrogen-bond donors (Lipinski definition) is 2.